The molecule has 2 rings (SSSR count). The fraction of sp³-hybridized carbons (Fsp3) is 0.143. The third kappa shape index (κ3) is 3.06. The van der Waals surface area contributed by atoms with Crippen LogP contribution in [-0.4, -0.2) is 10.2 Å². The number of halogens is 2. The quantitative estimate of drug-likeness (QED) is 0.931. The average molecular weight is 294 g/mol. The predicted molar refractivity (Wildman–Crippen MR) is 80.3 cm³/mol. The van der Waals surface area contributed by atoms with Crippen LogP contribution >= 0.6 is 23.2 Å². The Balaban J connectivity index is 2.56. The van der Waals surface area contributed by atoms with Gasteiger partial charge in [0.25, 0.3) is 0 Å². The van der Waals surface area contributed by atoms with Crippen molar-refractivity contribution in [3.63, 3.8) is 0 Å². The number of rotatable bonds is 3. The van der Waals surface area contributed by atoms with E-state index in [2.05, 4.69) is 10.2 Å². The molecule has 2 N–H and O–H groups in total. The monoisotopic (exact) mass is 293 g/mol. The van der Waals surface area contributed by atoms with Crippen molar-refractivity contribution in [1.29, 1.82) is 0 Å². The largest absolute Gasteiger partial charge is 0.382 e. The second kappa shape index (κ2) is 6.04. The Morgan fingerprint density at radius 2 is 2.11 bits per heavy atom. The molecule has 0 fully saturated rings. The minimum atomic E-state index is 0.369. The van der Waals surface area contributed by atoms with Crippen LogP contribution in [0.4, 0.5) is 5.82 Å². The molecule has 0 aliphatic carbocycles. The van der Waals surface area contributed by atoms with Crippen molar-refractivity contribution in [3.8, 4) is 11.1 Å². The van der Waals surface area contributed by atoms with Crippen LogP contribution in [0.1, 0.15) is 11.1 Å². The first-order valence-electron chi connectivity index (χ1n) is 5.75. The molecule has 0 radical (unpaired) electrons. The number of nitrogens with zero attached hydrogens (tertiary/aromatic N) is 2. The molecule has 0 saturated carbocycles. The lowest BCUT2D eigenvalue weighted by molar-refractivity contribution is 1.04. The smallest absolute Gasteiger partial charge is 0.154 e. The Morgan fingerprint density at radius 3 is 2.79 bits per heavy atom. The van der Waals surface area contributed by atoms with E-state index in [9.17, 15) is 0 Å². The maximum atomic E-state index is 6.36. The number of allylic oxidation sites excluding steroid dienone is 1. The zero-order valence-electron chi connectivity index (χ0n) is 10.4. The van der Waals surface area contributed by atoms with Gasteiger partial charge < -0.3 is 5.73 Å². The van der Waals surface area contributed by atoms with E-state index >= 15 is 0 Å². The summed E-state index contributed by atoms with van der Waals surface area (Å²) in [6.07, 6.45) is 4.22. The molecule has 0 aliphatic rings. The lowest BCUT2D eigenvalue weighted by Gasteiger charge is -2.11. The van der Waals surface area contributed by atoms with Crippen LogP contribution < -0.4 is 5.73 Å². The number of hydrogen-bond donors (Lipinski definition) is 1. The molecule has 19 heavy (non-hydrogen) atoms. The summed E-state index contributed by atoms with van der Waals surface area (Å²) in [4.78, 5) is 0. The van der Waals surface area contributed by atoms with E-state index in [4.69, 9.17) is 28.9 Å². The molecular formula is C14H13Cl2N3. The van der Waals surface area contributed by atoms with Crippen molar-refractivity contribution in [3.05, 3.63) is 52.2 Å². The van der Waals surface area contributed by atoms with Crippen molar-refractivity contribution in [1.82, 2.24) is 10.2 Å². The zero-order chi connectivity index (χ0) is 13.8. The molecular weight excluding hydrogens is 281 g/mol. The van der Waals surface area contributed by atoms with E-state index in [-0.39, 0.29) is 0 Å². The van der Waals surface area contributed by atoms with Crippen LogP contribution in [0.5, 0.6) is 0 Å². The lowest BCUT2D eigenvalue weighted by Crippen LogP contribution is -1.97. The van der Waals surface area contributed by atoms with Gasteiger partial charge in [0.05, 0.1) is 11.2 Å². The van der Waals surface area contributed by atoms with Gasteiger partial charge in [0.2, 0.25) is 0 Å². The second-order valence-corrected chi connectivity index (χ2v) is 4.80. The van der Waals surface area contributed by atoms with E-state index in [1.807, 2.05) is 31.2 Å². The number of aryl methyl sites for hydroxylation is 1. The second-order valence-electron chi connectivity index (χ2n) is 4.17. The number of anilines is 1. The first-order chi connectivity index (χ1) is 9.13. The predicted octanol–water partition coefficient (Wildman–Crippen LogP) is 3.98. The van der Waals surface area contributed by atoms with Crippen molar-refractivity contribution in [2.75, 3.05) is 5.73 Å². The fourth-order valence-electron chi connectivity index (χ4n) is 1.91. The number of hydrogen-bond acceptors (Lipinski definition) is 3. The molecule has 98 valence electrons. The average Bonchev–Trinajstić information content (AvgIpc) is 2.41. The van der Waals surface area contributed by atoms with Gasteiger partial charge in [-0.2, -0.15) is 5.10 Å². The highest BCUT2D eigenvalue weighted by molar-refractivity contribution is 6.34. The molecule has 0 aliphatic heterocycles. The maximum Gasteiger partial charge on any atom is 0.154 e. The van der Waals surface area contributed by atoms with Gasteiger partial charge in [0.1, 0.15) is 0 Å². The summed E-state index contributed by atoms with van der Waals surface area (Å²) in [6, 6.07) is 5.84. The van der Waals surface area contributed by atoms with Gasteiger partial charge in [-0.25, -0.2) is 0 Å². The Bertz CT molecular complexity index is 624. The van der Waals surface area contributed by atoms with Gasteiger partial charge in [-0.1, -0.05) is 35.3 Å². The molecule has 0 bridgehead atoms. The number of nitrogens with two attached hydrogens (primary N) is 1. The molecule has 0 atom stereocenters. The van der Waals surface area contributed by atoms with Gasteiger partial charge in [-0.05, 0) is 36.6 Å². The van der Waals surface area contributed by atoms with Crippen LogP contribution in [0.2, 0.25) is 5.02 Å². The van der Waals surface area contributed by atoms with E-state index in [1.54, 1.807) is 6.20 Å². The summed E-state index contributed by atoms with van der Waals surface area (Å²) in [5.41, 5.74) is 11.1. The van der Waals surface area contributed by atoms with Gasteiger partial charge in [0, 0.05) is 16.7 Å². The van der Waals surface area contributed by atoms with Crippen molar-refractivity contribution in [2.45, 2.75) is 13.3 Å². The Hall–Kier alpha value is -1.58. The SMILES string of the molecule is Cc1cc(CC=CCl)cc(-c2ccnnc2N)c1Cl. The minimum absolute atomic E-state index is 0.369. The van der Waals surface area contributed by atoms with Gasteiger partial charge >= 0.3 is 0 Å². The van der Waals surface area contributed by atoms with Gasteiger partial charge in [-0.15, -0.1) is 5.10 Å². The summed E-state index contributed by atoms with van der Waals surface area (Å²) < 4.78 is 0. The number of benzene rings is 1. The lowest BCUT2D eigenvalue weighted by atomic mass is 9.99. The van der Waals surface area contributed by atoms with Gasteiger partial charge in [0.15, 0.2) is 5.82 Å². The molecule has 0 saturated heterocycles. The van der Waals surface area contributed by atoms with E-state index in [0.717, 1.165) is 28.7 Å². The molecule has 0 amide bonds. The molecule has 1 aromatic heterocycles. The standard InChI is InChI=1S/C14H13Cl2N3/c1-9-7-10(3-2-5-15)8-12(13(9)16)11-4-6-18-19-14(11)17/h2,4-8H,3H2,1H3,(H2,17,19). The van der Waals surface area contributed by atoms with Crippen LogP contribution in [0, 0.1) is 6.92 Å². The minimum Gasteiger partial charge on any atom is -0.382 e. The Kier molecular flexibility index (Phi) is 4.40. The van der Waals surface area contributed by atoms with E-state index < -0.39 is 0 Å². The molecule has 5 heteroatoms. The van der Waals surface area contributed by atoms with E-state index in [0.29, 0.717) is 10.8 Å². The summed E-state index contributed by atoms with van der Waals surface area (Å²) >= 11 is 11.9. The first kappa shape index (κ1) is 13.8. The third-order valence-corrected chi connectivity index (χ3v) is 3.48. The number of nitrogen functional groups attached to an aromatic ring is 1. The Morgan fingerprint density at radius 1 is 1.32 bits per heavy atom. The van der Waals surface area contributed by atoms with Gasteiger partial charge in [-0.3, -0.25) is 0 Å². The van der Waals surface area contributed by atoms with Crippen LogP contribution in [-0.2, 0) is 6.42 Å². The van der Waals surface area contributed by atoms with Crippen LogP contribution in [0.25, 0.3) is 11.1 Å². The normalized spacial score (nSPS) is 11.1. The summed E-state index contributed by atoms with van der Waals surface area (Å²) in [6.45, 7) is 1.96. The molecule has 0 unspecified atom stereocenters. The summed E-state index contributed by atoms with van der Waals surface area (Å²) in [5, 5.41) is 8.28. The molecule has 0 spiro atoms. The molecule has 1 aromatic carbocycles. The van der Waals surface area contributed by atoms with Crippen LogP contribution in [0.15, 0.2) is 36.0 Å². The highest BCUT2D eigenvalue weighted by Crippen LogP contribution is 2.34. The highest BCUT2D eigenvalue weighted by atomic mass is 35.5. The summed E-state index contributed by atoms with van der Waals surface area (Å²) in [7, 11) is 0. The Labute approximate surface area is 122 Å². The van der Waals surface area contributed by atoms with Crippen LogP contribution in [0.3, 0.4) is 0 Å². The van der Waals surface area contributed by atoms with E-state index in [1.165, 1.54) is 5.54 Å². The molecule has 3 nitrogen and oxygen atoms in total. The fourth-order valence-corrected chi connectivity index (χ4v) is 2.21. The first-order valence-corrected chi connectivity index (χ1v) is 6.56. The van der Waals surface area contributed by atoms with Crippen molar-refractivity contribution < 1.29 is 0 Å². The highest BCUT2D eigenvalue weighted by Gasteiger charge is 2.11. The molecule has 2 aromatic rings. The summed E-state index contributed by atoms with van der Waals surface area (Å²) in [5.74, 6) is 0.369. The maximum absolute atomic E-state index is 6.36. The van der Waals surface area contributed by atoms with Crippen molar-refractivity contribution >= 4 is 29.0 Å². The van der Waals surface area contributed by atoms with Crippen molar-refractivity contribution in [2.24, 2.45) is 0 Å². The molecule has 1 heterocycles. The topological polar surface area (TPSA) is 51.8 Å². The third-order valence-electron chi connectivity index (χ3n) is 2.80. The number of aromatic nitrogens is 2. The zero-order valence-corrected chi connectivity index (χ0v) is 11.9.